The molecule has 1 saturated heterocycles. The van der Waals surface area contributed by atoms with Crippen LogP contribution in [0.25, 0.3) is 5.70 Å². The van der Waals surface area contributed by atoms with E-state index in [-0.39, 0.29) is 24.2 Å². The second-order valence-corrected chi connectivity index (χ2v) is 7.51. The Hall–Kier alpha value is -3.36. The third-order valence-corrected chi connectivity index (χ3v) is 5.09. The van der Waals surface area contributed by atoms with Crippen molar-refractivity contribution in [3.8, 4) is 0 Å². The molecular formula is C21H24FN7O. The predicted octanol–water partition coefficient (Wildman–Crippen LogP) is 2.81. The number of carbonyl (C=O) groups is 1. The molecule has 30 heavy (non-hydrogen) atoms. The van der Waals surface area contributed by atoms with Gasteiger partial charge in [-0.15, -0.1) is 0 Å². The molecule has 4 rings (SSSR count). The first-order valence-electron chi connectivity index (χ1n) is 10.0. The van der Waals surface area contributed by atoms with Gasteiger partial charge in [0.15, 0.2) is 0 Å². The lowest BCUT2D eigenvalue weighted by atomic mass is 10.0. The second-order valence-electron chi connectivity index (χ2n) is 7.51. The average Bonchev–Trinajstić information content (AvgIpc) is 3.17. The van der Waals surface area contributed by atoms with Crippen LogP contribution in [0.4, 0.5) is 10.3 Å². The Balaban J connectivity index is 1.53. The molecule has 8 nitrogen and oxygen atoms in total. The van der Waals surface area contributed by atoms with Crippen LogP contribution < -0.4 is 5.32 Å². The Morgan fingerprint density at radius 1 is 1.17 bits per heavy atom. The van der Waals surface area contributed by atoms with Crippen LogP contribution >= 0.6 is 0 Å². The number of aromatic nitrogens is 5. The molecule has 1 fully saturated rings. The predicted molar refractivity (Wildman–Crippen MR) is 111 cm³/mol. The quantitative estimate of drug-likeness (QED) is 0.835. The normalized spacial score (nSPS) is 19.5. The van der Waals surface area contributed by atoms with E-state index in [1.54, 1.807) is 11.0 Å². The van der Waals surface area contributed by atoms with Crippen LogP contribution in [0.1, 0.15) is 30.7 Å². The van der Waals surface area contributed by atoms with Crippen LogP contribution in [-0.2, 0) is 4.79 Å². The molecule has 0 radical (unpaired) electrons. The highest BCUT2D eigenvalue weighted by Crippen LogP contribution is 2.25. The number of aryl methyl sites for hydroxylation is 2. The fraction of sp³-hybridized carbons (Fsp3) is 0.381. The van der Waals surface area contributed by atoms with Crippen LogP contribution in [0.3, 0.4) is 0 Å². The minimum Gasteiger partial charge on any atom is -0.350 e. The zero-order valence-corrected chi connectivity index (χ0v) is 17.0. The highest BCUT2D eigenvalue weighted by molar-refractivity contribution is 6.05. The number of rotatable bonds is 4. The fourth-order valence-electron chi connectivity index (χ4n) is 3.76. The highest BCUT2D eigenvalue weighted by Gasteiger charge is 2.29. The van der Waals surface area contributed by atoms with Gasteiger partial charge in [0.05, 0.1) is 23.7 Å². The number of amides is 1. The number of nitrogens with zero attached hydrogens (tertiary/aromatic N) is 6. The van der Waals surface area contributed by atoms with Gasteiger partial charge < -0.3 is 10.2 Å². The third-order valence-electron chi connectivity index (χ3n) is 5.09. The van der Waals surface area contributed by atoms with Gasteiger partial charge in [-0.25, -0.2) is 14.4 Å². The maximum atomic E-state index is 13.9. The van der Waals surface area contributed by atoms with Crippen LogP contribution in [0.15, 0.2) is 48.1 Å². The summed E-state index contributed by atoms with van der Waals surface area (Å²) in [6.07, 6.45) is 9.42. The molecule has 1 amide bonds. The number of halogens is 1. The van der Waals surface area contributed by atoms with Crippen molar-refractivity contribution in [1.82, 2.24) is 29.9 Å². The van der Waals surface area contributed by atoms with Gasteiger partial charge in [-0.3, -0.25) is 4.79 Å². The van der Waals surface area contributed by atoms with Crippen molar-refractivity contribution in [3.63, 3.8) is 0 Å². The van der Waals surface area contributed by atoms with E-state index in [1.807, 2.05) is 19.9 Å². The number of carbonyl (C=O) groups excluding carboxylic acids is 1. The minimum atomic E-state index is -0.312. The van der Waals surface area contributed by atoms with E-state index in [9.17, 15) is 9.18 Å². The Labute approximate surface area is 174 Å². The summed E-state index contributed by atoms with van der Waals surface area (Å²) >= 11 is 0. The average molecular weight is 409 g/mol. The molecule has 2 aromatic rings. The summed E-state index contributed by atoms with van der Waals surface area (Å²) < 4.78 is 13.9. The molecule has 9 heteroatoms. The van der Waals surface area contributed by atoms with Crippen molar-refractivity contribution < 1.29 is 9.18 Å². The van der Waals surface area contributed by atoms with E-state index in [2.05, 4.69) is 25.5 Å². The summed E-state index contributed by atoms with van der Waals surface area (Å²) in [5.41, 5.74) is 2.66. The third kappa shape index (κ3) is 4.45. The number of anilines is 1. The molecule has 1 aliphatic heterocycles. The molecule has 1 atom stereocenters. The van der Waals surface area contributed by atoms with Crippen LogP contribution in [0.5, 0.6) is 0 Å². The van der Waals surface area contributed by atoms with Gasteiger partial charge in [-0.1, -0.05) is 0 Å². The maximum absolute atomic E-state index is 13.9. The molecule has 0 spiro atoms. The van der Waals surface area contributed by atoms with E-state index >= 15 is 0 Å². The number of likely N-dealkylation sites (tertiary alicyclic amines) is 1. The molecule has 156 valence electrons. The van der Waals surface area contributed by atoms with Crippen molar-refractivity contribution in [2.24, 2.45) is 0 Å². The van der Waals surface area contributed by atoms with Gasteiger partial charge in [-0.05, 0) is 51.0 Å². The van der Waals surface area contributed by atoms with Crippen LogP contribution in [0.2, 0.25) is 0 Å². The molecule has 1 unspecified atom stereocenters. The van der Waals surface area contributed by atoms with Gasteiger partial charge in [-0.2, -0.15) is 15.0 Å². The lowest BCUT2D eigenvalue weighted by molar-refractivity contribution is -0.127. The Kier molecular flexibility index (Phi) is 5.69. The number of nitrogens with one attached hydrogen (secondary N) is 1. The smallest absolute Gasteiger partial charge is 0.256 e. The molecule has 3 heterocycles. The van der Waals surface area contributed by atoms with Crippen molar-refractivity contribution in [2.45, 2.75) is 39.2 Å². The van der Waals surface area contributed by atoms with Gasteiger partial charge in [0.1, 0.15) is 5.83 Å². The number of hydrogen-bond donors (Lipinski definition) is 1. The molecule has 1 aliphatic carbocycles. The highest BCUT2D eigenvalue weighted by atomic mass is 19.1. The Bertz CT molecular complexity index is 1010. The molecule has 0 bridgehead atoms. The van der Waals surface area contributed by atoms with E-state index in [0.717, 1.165) is 24.2 Å². The van der Waals surface area contributed by atoms with E-state index < -0.39 is 0 Å². The van der Waals surface area contributed by atoms with E-state index in [4.69, 9.17) is 0 Å². The van der Waals surface area contributed by atoms with Crippen molar-refractivity contribution >= 4 is 17.6 Å². The van der Waals surface area contributed by atoms with E-state index in [0.29, 0.717) is 30.3 Å². The van der Waals surface area contributed by atoms with Crippen molar-refractivity contribution in [1.29, 1.82) is 0 Å². The molecule has 2 aromatic heterocycles. The topological polar surface area (TPSA) is 88.8 Å². The molecular weight excluding hydrogens is 385 g/mol. The molecule has 1 N–H and O–H groups in total. The number of hydrogen-bond acceptors (Lipinski definition) is 6. The second kappa shape index (κ2) is 8.56. The summed E-state index contributed by atoms with van der Waals surface area (Å²) in [5.74, 6) is 0.0942. The SMILES string of the molecule is Cc1cc(C)nc(NC2CCCN(C(=O)C3=CC=C(F)CC=C3n3nccn3)C2)n1. The van der Waals surface area contributed by atoms with Crippen molar-refractivity contribution in [3.05, 3.63) is 59.5 Å². The molecule has 0 saturated carbocycles. The Morgan fingerprint density at radius 3 is 2.63 bits per heavy atom. The lowest BCUT2D eigenvalue weighted by Crippen LogP contribution is -2.46. The summed E-state index contributed by atoms with van der Waals surface area (Å²) in [6, 6.07) is 1.96. The monoisotopic (exact) mass is 409 g/mol. The fourth-order valence-corrected chi connectivity index (χ4v) is 3.76. The first kappa shape index (κ1) is 19.9. The standard InChI is InChI=1S/C21H24FN7O/c1-14-12-15(2)26-21(25-14)27-17-4-3-11-28(13-17)20(30)18-7-5-16(22)6-8-19(18)29-23-9-10-24-29/h5,7-10,12,17H,3-4,6,11,13H2,1-2H3,(H,25,26,27). The summed E-state index contributed by atoms with van der Waals surface area (Å²) in [4.78, 5) is 25.4. The van der Waals surface area contributed by atoms with Crippen LogP contribution in [0, 0.1) is 13.8 Å². The van der Waals surface area contributed by atoms with Gasteiger partial charge in [0.2, 0.25) is 5.95 Å². The first-order valence-corrected chi connectivity index (χ1v) is 10.0. The van der Waals surface area contributed by atoms with Gasteiger partial charge in [0.25, 0.3) is 5.91 Å². The van der Waals surface area contributed by atoms with Crippen LogP contribution in [-0.4, -0.2) is 54.9 Å². The maximum Gasteiger partial charge on any atom is 0.256 e. The largest absolute Gasteiger partial charge is 0.350 e. The summed E-state index contributed by atoms with van der Waals surface area (Å²) in [7, 11) is 0. The molecule has 0 aromatic carbocycles. The number of piperidine rings is 1. The van der Waals surface area contributed by atoms with E-state index in [1.165, 1.54) is 29.3 Å². The van der Waals surface area contributed by atoms with Gasteiger partial charge >= 0.3 is 0 Å². The van der Waals surface area contributed by atoms with Crippen molar-refractivity contribution in [2.75, 3.05) is 18.4 Å². The lowest BCUT2D eigenvalue weighted by Gasteiger charge is -2.34. The summed E-state index contributed by atoms with van der Waals surface area (Å²) in [5, 5.41) is 11.6. The molecule has 2 aliphatic rings. The zero-order valence-electron chi connectivity index (χ0n) is 17.0. The first-order chi connectivity index (χ1) is 14.5. The minimum absolute atomic E-state index is 0.0396. The number of allylic oxidation sites excluding steroid dienone is 4. The summed E-state index contributed by atoms with van der Waals surface area (Å²) in [6.45, 7) is 5.00. The zero-order chi connectivity index (χ0) is 21.1. The van der Waals surface area contributed by atoms with Gasteiger partial charge in [0, 0.05) is 36.9 Å². The Morgan fingerprint density at radius 2 is 1.90 bits per heavy atom.